The van der Waals surface area contributed by atoms with Crippen molar-refractivity contribution >= 4 is 65.3 Å². The number of para-hydroxylation sites is 3. The summed E-state index contributed by atoms with van der Waals surface area (Å²) >= 11 is 0. The van der Waals surface area contributed by atoms with Crippen LogP contribution in [0, 0.1) is 0 Å². The Labute approximate surface area is 299 Å². The quantitative estimate of drug-likeness (QED) is 0.188. The smallest absolute Gasteiger partial charge is 0.235 e. The Balaban J connectivity index is 1.19. The Kier molecular flexibility index (Phi) is 6.22. The van der Waals surface area contributed by atoms with Crippen LogP contribution in [-0.4, -0.2) is 19.1 Å². The molecule has 0 aliphatic heterocycles. The lowest BCUT2D eigenvalue weighted by Gasteiger charge is -2.12. The van der Waals surface area contributed by atoms with Gasteiger partial charge in [-0.25, -0.2) is 9.97 Å². The molecule has 0 bridgehead atoms. The van der Waals surface area contributed by atoms with E-state index in [0.29, 0.717) is 5.95 Å². The fraction of sp³-hybridized carbons (Fsp3) is 0. The van der Waals surface area contributed by atoms with E-state index in [1.807, 2.05) is 0 Å². The summed E-state index contributed by atoms with van der Waals surface area (Å²) in [5, 5.41) is 8.26. The van der Waals surface area contributed by atoms with Crippen molar-refractivity contribution in [3.8, 4) is 34.0 Å². The number of nitrogens with zero attached hydrogens (tertiary/aromatic N) is 4. The predicted octanol–water partition coefficient (Wildman–Crippen LogP) is 12.3. The number of benzene rings is 8. The lowest BCUT2D eigenvalue weighted by molar-refractivity contribution is 1.01. The van der Waals surface area contributed by atoms with E-state index in [1.165, 1.54) is 49.0 Å². The van der Waals surface area contributed by atoms with Gasteiger partial charge in [0.1, 0.15) is 0 Å². The summed E-state index contributed by atoms with van der Waals surface area (Å²) in [7, 11) is 0. The molecular formula is C48H30N4. The van der Waals surface area contributed by atoms with Crippen molar-refractivity contribution in [3.63, 3.8) is 0 Å². The molecule has 0 saturated heterocycles. The second-order valence-corrected chi connectivity index (χ2v) is 13.4. The monoisotopic (exact) mass is 662 g/mol. The summed E-state index contributed by atoms with van der Waals surface area (Å²) in [4.78, 5) is 10.7. The molecule has 0 fully saturated rings. The van der Waals surface area contributed by atoms with Gasteiger partial charge in [-0.1, -0.05) is 127 Å². The van der Waals surface area contributed by atoms with Gasteiger partial charge in [-0.15, -0.1) is 0 Å². The van der Waals surface area contributed by atoms with Crippen LogP contribution in [0.4, 0.5) is 0 Å². The van der Waals surface area contributed by atoms with Crippen molar-refractivity contribution in [2.75, 3.05) is 0 Å². The molecule has 0 N–H and O–H groups in total. The van der Waals surface area contributed by atoms with Gasteiger partial charge >= 0.3 is 0 Å². The number of aromatic nitrogens is 4. The minimum atomic E-state index is 0.661. The molecule has 0 spiro atoms. The highest BCUT2D eigenvalue weighted by Crippen LogP contribution is 2.40. The molecule has 3 heterocycles. The minimum absolute atomic E-state index is 0.661. The fourth-order valence-electron chi connectivity index (χ4n) is 8.18. The molecule has 0 radical (unpaired) electrons. The summed E-state index contributed by atoms with van der Waals surface area (Å²) in [6, 6.07) is 64.9. The zero-order chi connectivity index (χ0) is 34.2. The SMILES string of the molecule is c1ccc(-c2ccc3c(c2)c2cc(-c4nc(-n5c6ccccc6c6c7ccccc7ccc65)nc5ccccc45)ccc2n3-c2ccccc2)cc1. The van der Waals surface area contributed by atoms with Crippen molar-refractivity contribution < 1.29 is 0 Å². The van der Waals surface area contributed by atoms with Crippen molar-refractivity contribution in [1.82, 2.24) is 19.1 Å². The van der Waals surface area contributed by atoms with E-state index in [2.05, 4.69) is 191 Å². The first-order valence-electron chi connectivity index (χ1n) is 17.7. The van der Waals surface area contributed by atoms with Gasteiger partial charge in [0.25, 0.3) is 0 Å². The average molecular weight is 663 g/mol. The van der Waals surface area contributed by atoms with Crippen molar-refractivity contribution in [2.24, 2.45) is 0 Å². The Morgan fingerprint density at radius 2 is 0.942 bits per heavy atom. The van der Waals surface area contributed by atoms with Crippen LogP contribution in [0.1, 0.15) is 0 Å². The first kappa shape index (κ1) is 28.8. The molecule has 0 saturated carbocycles. The van der Waals surface area contributed by atoms with Crippen LogP contribution in [0.25, 0.3) is 99.3 Å². The van der Waals surface area contributed by atoms with Gasteiger partial charge in [0, 0.05) is 38.2 Å². The third-order valence-electron chi connectivity index (χ3n) is 10.5. The normalized spacial score (nSPS) is 11.8. The molecule has 242 valence electrons. The second-order valence-electron chi connectivity index (χ2n) is 13.4. The molecule has 0 unspecified atom stereocenters. The summed E-state index contributed by atoms with van der Waals surface area (Å²) in [5.74, 6) is 0.661. The van der Waals surface area contributed by atoms with Crippen LogP contribution in [0.5, 0.6) is 0 Å². The molecule has 0 amide bonds. The maximum atomic E-state index is 5.46. The molecule has 0 aliphatic carbocycles. The van der Waals surface area contributed by atoms with Crippen LogP contribution in [-0.2, 0) is 0 Å². The van der Waals surface area contributed by atoms with E-state index in [-0.39, 0.29) is 0 Å². The van der Waals surface area contributed by atoms with E-state index in [1.54, 1.807) is 0 Å². The zero-order valence-electron chi connectivity index (χ0n) is 28.1. The van der Waals surface area contributed by atoms with Crippen molar-refractivity contribution in [1.29, 1.82) is 0 Å². The van der Waals surface area contributed by atoms with Crippen molar-refractivity contribution in [3.05, 3.63) is 182 Å². The molecule has 3 aromatic heterocycles. The third kappa shape index (κ3) is 4.28. The number of hydrogen-bond donors (Lipinski definition) is 0. The molecule has 0 atom stereocenters. The molecule has 8 aromatic carbocycles. The fourth-order valence-corrected chi connectivity index (χ4v) is 8.18. The number of fused-ring (bicyclic) bond motifs is 9. The van der Waals surface area contributed by atoms with E-state index in [0.717, 1.165) is 44.4 Å². The van der Waals surface area contributed by atoms with Crippen LogP contribution in [0.15, 0.2) is 182 Å². The van der Waals surface area contributed by atoms with E-state index < -0.39 is 0 Å². The standard InChI is InChI=1S/C48H30N4/c1-3-13-31(14-4-1)33-24-26-43-39(29-33)40-30-34(25-27-44(40)51(43)35-16-5-2-6-17-35)47-37-19-9-11-21-41(37)49-48(50-47)52-42-22-12-10-20-38(42)46-36-18-8-7-15-32(36)23-28-45(46)52/h1-30H. The van der Waals surface area contributed by atoms with Gasteiger partial charge in [0.2, 0.25) is 5.95 Å². The molecule has 52 heavy (non-hydrogen) atoms. The lowest BCUT2D eigenvalue weighted by atomic mass is 10.0. The van der Waals surface area contributed by atoms with E-state index in [9.17, 15) is 0 Å². The Bertz CT molecular complexity index is 3170. The highest BCUT2D eigenvalue weighted by atomic mass is 15.2. The highest BCUT2D eigenvalue weighted by Gasteiger charge is 2.20. The Hall–Kier alpha value is -7.04. The zero-order valence-corrected chi connectivity index (χ0v) is 28.1. The van der Waals surface area contributed by atoms with Gasteiger partial charge in [0.15, 0.2) is 0 Å². The Morgan fingerprint density at radius 3 is 1.75 bits per heavy atom. The predicted molar refractivity (Wildman–Crippen MR) is 217 cm³/mol. The maximum Gasteiger partial charge on any atom is 0.235 e. The molecule has 11 aromatic rings. The Morgan fingerprint density at radius 1 is 0.346 bits per heavy atom. The number of rotatable bonds is 4. The van der Waals surface area contributed by atoms with Gasteiger partial charge in [0.05, 0.1) is 33.3 Å². The van der Waals surface area contributed by atoms with E-state index >= 15 is 0 Å². The van der Waals surface area contributed by atoms with Crippen LogP contribution in [0.3, 0.4) is 0 Å². The molecular weight excluding hydrogens is 633 g/mol. The summed E-state index contributed by atoms with van der Waals surface area (Å²) in [5.41, 5.74) is 10.9. The van der Waals surface area contributed by atoms with Gasteiger partial charge < -0.3 is 4.57 Å². The van der Waals surface area contributed by atoms with Gasteiger partial charge in [-0.05, 0) is 76.5 Å². The average Bonchev–Trinajstić information content (AvgIpc) is 3.73. The van der Waals surface area contributed by atoms with Crippen LogP contribution >= 0.6 is 0 Å². The van der Waals surface area contributed by atoms with Crippen LogP contribution < -0.4 is 0 Å². The summed E-state index contributed by atoms with van der Waals surface area (Å²) < 4.78 is 4.61. The summed E-state index contributed by atoms with van der Waals surface area (Å²) in [6.45, 7) is 0. The second kappa shape index (κ2) is 11.2. The van der Waals surface area contributed by atoms with Gasteiger partial charge in [-0.3, -0.25) is 4.57 Å². The largest absolute Gasteiger partial charge is 0.309 e. The summed E-state index contributed by atoms with van der Waals surface area (Å²) in [6.07, 6.45) is 0. The van der Waals surface area contributed by atoms with Gasteiger partial charge in [-0.2, -0.15) is 0 Å². The minimum Gasteiger partial charge on any atom is -0.309 e. The maximum absolute atomic E-state index is 5.46. The first-order chi connectivity index (χ1) is 25.8. The number of hydrogen-bond acceptors (Lipinski definition) is 2. The highest BCUT2D eigenvalue weighted by molar-refractivity contribution is 6.21. The van der Waals surface area contributed by atoms with Crippen molar-refractivity contribution in [2.45, 2.75) is 0 Å². The molecule has 4 nitrogen and oxygen atoms in total. The first-order valence-corrected chi connectivity index (χ1v) is 17.7. The topological polar surface area (TPSA) is 35.6 Å². The van der Waals surface area contributed by atoms with E-state index in [4.69, 9.17) is 9.97 Å². The molecule has 0 aliphatic rings. The molecule has 11 rings (SSSR count). The lowest BCUT2D eigenvalue weighted by Crippen LogP contribution is -2.03. The van der Waals surface area contributed by atoms with Crippen LogP contribution in [0.2, 0.25) is 0 Å². The third-order valence-corrected chi connectivity index (χ3v) is 10.5. The molecule has 4 heteroatoms.